The molecule has 110 valence electrons. The maximum absolute atomic E-state index is 13.6. The Morgan fingerprint density at radius 1 is 1.05 bits per heavy atom. The van der Waals surface area contributed by atoms with Crippen molar-refractivity contribution in [2.24, 2.45) is 0 Å². The first kappa shape index (κ1) is 13.9. The number of nitrogens with zero attached hydrogens (tertiary/aromatic N) is 4. The van der Waals surface area contributed by atoms with Crippen LogP contribution in [0.25, 0.3) is 0 Å². The lowest BCUT2D eigenvalue weighted by atomic mass is 10.2. The van der Waals surface area contributed by atoms with Gasteiger partial charge in [-0.3, -0.25) is 0 Å². The van der Waals surface area contributed by atoms with Crippen LogP contribution < -0.4 is 15.5 Å². The van der Waals surface area contributed by atoms with E-state index in [1.807, 2.05) is 4.90 Å². The average molecular weight is 308 g/mol. The summed E-state index contributed by atoms with van der Waals surface area (Å²) >= 11 is 5.73. The van der Waals surface area contributed by atoms with E-state index in [4.69, 9.17) is 17.3 Å². The van der Waals surface area contributed by atoms with Crippen molar-refractivity contribution in [3.63, 3.8) is 0 Å². The van der Waals surface area contributed by atoms with Gasteiger partial charge in [-0.2, -0.15) is 0 Å². The van der Waals surface area contributed by atoms with Crippen molar-refractivity contribution in [1.82, 2.24) is 9.97 Å². The summed E-state index contributed by atoms with van der Waals surface area (Å²) in [7, 11) is 0. The number of halogens is 2. The second kappa shape index (κ2) is 5.73. The molecule has 0 amide bonds. The number of hydrogen-bond donors (Lipinski definition) is 1. The van der Waals surface area contributed by atoms with Gasteiger partial charge < -0.3 is 15.5 Å². The zero-order chi connectivity index (χ0) is 14.8. The highest BCUT2D eigenvalue weighted by Crippen LogP contribution is 2.30. The number of piperazine rings is 1. The summed E-state index contributed by atoms with van der Waals surface area (Å²) in [5.41, 5.74) is 7.11. The van der Waals surface area contributed by atoms with Gasteiger partial charge in [-0.1, -0.05) is 11.6 Å². The van der Waals surface area contributed by atoms with Gasteiger partial charge in [0.1, 0.15) is 5.82 Å². The minimum atomic E-state index is -0.449. The molecule has 1 aliphatic heterocycles. The molecule has 1 aromatic carbocycles. The molecule has 2 N–H and O–H groups in total. The van der Waals surface area contributed by atoms with E-state index in [1.165, 1.54) is 12.1 Å². The van der Waals surface area contributed by atoms with Crippen LogP contribution in [0.1, 0.15) is 0 Å². The molecule has 1 saturated heterocycles. The highest BCUT2D eigenvalue weighted by Gasteiger charge is 2.21. The largest absolute Gasteiger partial charge is 0.397 e. The summed E-state index contributed by atoms with van der Waals surface area (Å²) in [6, 6.07) is 4.64. The maximum atomic E-state index is 13.6. The fourth-order valence-electron chi connectivity index (χ4n) is 2.43. The minimum Gasteiger partial charge on any atom is -0.397 e. The highest BCUT2D eigenvalue weighted by molar-refractivity contribution is 6.31. The third kappa shape index (κ3) is 2.85. The smallest absolute Gasteiger partial charge is 0.225 e. The Balaban J connectivity index is 1.73. The predicted molar refractivity (Wildman–Crippen MR) is 82.3 cm³/mol. The fourth-order valence-corrected chi connectivity index (χ4v) is 2.60. The Kier molecular flexibility index (Phi) is 3.79. The van der Waals surface area contributed by atoms with Crippen LogP contribution in [-0.4, -0.2) is 36.1 Å². The molecule has 21 heavy (non-hydrogen) atoms. The van der Waals surface area contributed by atoms with Crippen LogP contribution in [0, 0.1) is 5.82 Å². The van der Waals surface area contributed by atoms with Crippen LogP contribution in [0.5, 0.6) is 0 Å². The number of rotatable bonds is 2. The first-order chi connectivity index (χ1) is 10.1. The zero-order valence-corrected chi connectivity index (χ0v) is 12.1. The van der Waals surface area contributed by atoms with Gasteiger partial charge in [0.05, 0.1) is 16.4 Å². The van der Waals surface area contributed by atoms with E-state index in [0.717, 1.165) is 26.2 Å². The first-order valence-corrected chi connectivity index (χ1v) is 7.04. The standard InChI is InChI=1S/C14H15ClFN5/c15-10-8-12(17)13(9-11(10)16)20-4-6-21(7-5-20)14-18-2-1-3-19-14/h1-3,8-9H,4-7,17H2. The molecular weight excluding hydrogens is 293 g/mol. The maximum Gasteiger partial charge on any atom is 0.225 e. The number of nitrogen functional groups attached to an aromatic ring is 1. The van der Waals surface area contributed by atoms with Gasteiger partial charge in [0.25, 0.3) is 0 Å². The van der Waals surface area contributed by atoms with Crippen molar-refractivity contribution >= 4 is 28.9 Å². The van der Waals surface area contributed by atoms with Crippen LogP contribution >= 0.6 is 11.6 Å². The lowest BCUT2D eigenvalue weighted by Crippen LogP contribution is -2.47. The van der Waals surface area contributed by atoms with Crippen LogP contribution in [0.3, 0.4) is 0 Å². The van der Waals surface area contributed by atoms with Crippen molar-refractivity contribution in [1.29, 1.82) is 0 Å². The second-order valence-electron chi connectivity index (χ2n) is 4.85. The molecule has 0 unspecified atom stereocenters. The summed E-state index contributed by atoms with van der Waals surface area (Å²) < 4.78 is 13.6. The zero-order valence-electron chi connectivity index (χ0n) is 11.3. The summed E-state index contributed by atoms with van der Waals surface area (Å²) in [6.45, 7) is 2.97. The average Bonchev–Trinajstić information content (AvgIpc) is 2.52. The first-order valence-electron chi connectivity index (χ1n) is 6.66. The topological polar surface area (TPSA) is 58.3 Å². The lowest BCUT2D eigenvalue weighted by Gasteiger charge is -2.36. The number of aromatic nitrogens is 2. The van der Waals surface area contributed by atoms with Gasteiger partial charge in [-0.15, -0.1) is 0 Å². The van der Waals surface area contributed by atoms with Crippen molar-refractivity contribution in [2.45, 2.75) is 0 Å². The van der Waals surface area contributed by atoms with Gasteiger partial charge >= 0.3 is 0 Å². The highest BCUT2D eigenvalue weighted by atomic mass is 35.5. The Bertz CT molecular complexity index is 629. The van der Waals surface area contributed by atoms with Crippen molar-refractivity contribution < 1.29 is 4.39 Å². The molecule has 0 radical (unpaired) electrons. The summed E-state index contributed by atoms with van der Waals surface area (Å²) in [6.07, 6.45) is 3.45. The molecule has 7 heteroatoms. The normalized spacial score (nSPS) is 15.3. The van der Waals surface area contributed by atoms with Crippen molar-refractivity contribution in [3.8, 4) is 0 Å². The number of anilines is 3. The Morgan fingerprint density at radius 2 is 1.67 bits per heavy atom. The van der Waals surface area contributed by atoms with E-state index >= 15 is 0 Å². The van der Waals surface area contributed by atoms with Gasteiger partial charge in [-0.25, -0.2) is 14.4 Å². The summed E-state index contributed by atoms with van der Waals surface area (Å²) in [5.74, 6) is 0.266. The fraction of sp³-hybridized carbons (Fsp3) is 0.286. The lowest BCUT2D eigenvalue weighted by molar-refractivity contribution is 0.618. The molecule has 5 nitrogen and oxygen atoms in total. The van der Waals surface area contributed by atoms with E-state index in [1.54, 1.807) is 18.5 Å². The number of benzene rings is 1. The molecule has 0 aliphatic carbocycles. The Morgan fingerprint density at radius 3 is 2.33 bits per heavy atom. The van der Waals surface area contributed by atoms with Crippen molar-refractivity contribution in [2.75, 3.05) is 41.7 Å². The molecule has 2 heterocycles. The molecule has 1 aromatic heterocycles. The molecule has 2 aromatic rings. The summed E-state index contributed by atoms with van der Waals surface area (Å²) in [5, 5.41) is 0.0487. The molecular formula is C14H15ClFN5. The summed E-state index contributed by atoms with van der Waals surface area (Å²) in [4.78, 5) is 12.6. The quantitative estimate of drug-likeness (QED) is 0.862. The van der Waals surface area contributed by atoms with E-state index in [2.05, 4.69) is 14.9 Å². The van der Waals surface area contributed by atoms with Crippen LogP contribution in [0.4, 0.5) is 21.7 Å². The Hall–Kier alpha value is -2.08. The minimum absolute atomic E-state index is 0.0487. The van der Waals surface area contributed by atoms with Crippen molar-refractivity contribution in [3.05, 3.63) is 41.4 Å². The SMILES string of the molecule is Nc1cc(Cl)c(F)cc1N1CCN(c2ncccn2)CC1. The molecule has 0 saturated carbocycles. The molecule has 1 fully saturated rings. The van der Waals surface area contributed by atoms with Crippen LogP contribution in [0.2, 0.25) is 5.02 Å². The number of nitrogens with two attached hydrogens (primary N) is 1. The predicted octanol–water partition coefficient (Wildman–Crippen LogP) is 2.18. The molecule has 1 aliphatic rings. The molecule has 0 bridgehead atoms. The molecule has 0 spiro atoms. The second-order valence-corrected chi connectivity index (χ2v) is 5.26. The molecule has 3 rings (SSSR count). The third-order valence-electron chi connectivity index (χ3n) is 3.52. The van der Waals surface area contributed by atoms with Crippen LogP contribution in [0.15, 0.2) is 30.6 Å². The Labute approximate surface area is 127 Å². The third-order valence-corrected chi connectivity index (χ3v) is 3.81. The van der Waals surface area contributed by atoms with Gasteiger partial charge in [-0.05, 0) is 12.1 Å². The molecule has 0 atom stereocenters. The van der Waals surface area contributed by atoms with E-state index < -0.39 is 5.82 Å². The van der Waals surface area contributed by atoms with Gasteiger partial charge in [0.15, 0.2) is 0 Å². The van der Waals surface area contributed by atoms with Crippen LogP contribution in [-0.2, 0) is 0 Å². The van der Waals surface area contributed by atoms with Gasteiger partial charge in [0.2, 0.25) is 5.95 Å². The van der Waals surface area contributed by atoms with E-state index in [0.29, 0.717) is 17.3 Å². The van der Waals surface area contributed by atoms with E-state index in [9.17, 15) is 4.39 Å². The van der Waals surface area contributed by atoms with Gasteiger partial charge in [0, 0.05) is 44.6 Å². The van der Waals surface area contributed by atoms with E-state index in [-0.39, 0.29) is 5.02 Å². The monoisotopic (exact) mass is 307 g/mol. The number of hydrogen-bond acceptors (Lipinski definition) is 5.